The van der Waals surface area contributed by atoms with E-state index in [4.69, 9.17) is 4.74 Å². The number of hydrogen-bond donors (Lipinski definition) is 1. The second-order valence-electron chi connectivity index (χ2n) is 3.83. The number of phenolic OH excluding ortho intramolecular Hbond substituents is 1. The van der Waals surface area contributed by atoms with Crippen molar-refractivity contribution in [3.05, 3.63) is 36.4 Å². The molecule has 2 heteroatoms. The lowest BCUT2D eigenvalue weighted by Gasteiger charge is -2.10. The molecular weight excluding hydrogens is 188 g/mol. The molecule has 0 bridgehead atoms. The van der Waals surface area contributed by atoms with E-state index in [9.17, 15) is 5.11 Å². The molecule has 15 heavy (non-hydrogen) atoms. The molecule has 2 nitrogen and oxygen atoms in total. The summed E-state index contributed by atoms with van der Waals surface area (Å²) in [4.78, 5) is 0. The summed E-state index contributed by atoms with van der Waals surface area (Å²) < 4.78 is 5.58. The minimum absolute atomic E-state index is 0.166. The fourth-order valence-corrected chi connectivity index (χ4v) is 1.59. The van der Waals surface area contributed by atoms with Crippen molar-refractivity contribution in [1.29, 1.82) is 0 Å². The summed E-state index contributed by atoms with van der Waals surface area (Å²) in [5.41, 5.74) is 0. The number of phenols is 1. The van der Waals surface area contributed by atoms with Gasteiger partial charge in [-0.15, -0.1) is 0 Å². The molecule has 78 valence electrons. The van der Waals surface area contributed by atoms with Gasteiger partial charge in [-0.05, 0) is 43.5 Å². The van der Waals surface area contributed by atoms with Gasteiger partial charge in [-0.3, -0.25) is 0 Å². The maximum Gasteiger partial charge on any atom is 0.123 e. The Morgan fingerprint density at radius 2 is 1.93 bits per heavy atom. The van der Waals surface area contributed by atoms with Crippen LogP contribution in [0, 0.1) is 0 Å². The summed E-state index contributed by atoms with van der Waals surface area (Å²) >= 11 is 0. The highest BCUT2D eigenvalue weighted by molar-refractivity contribution is 5.89. The van der Waals surface area contributed by atoms with Crippen LogP contribution in [0.1, 0.15) is 13.8 Å². The second-order valence-corrected chi connectivity index (χ2v) is 3.83. The molecule has 1 N–H and O–H groups in total. The molecule has 0 fully saturated rings. The minimum atomic E-state index is 0.166. The van der Waals surface area contributed by atoms with Gasteiger partial charge in [0.05, 0.1) is 6.10 Å². The van der Waals surface area contributed by atoms with Crippen molar-refractivity contribution in [3.63, 3.8) is 0 Å². The molecule has 0 heterocycles. The van der Waals surface area contributed by atoms with Crippen molar-refractivity contribution in [1.82, 2.24) is 0 Å². The monoisotopic (exact) mass is 202 g/mol. The first kappa shape index (κ1) is 9.84. The zero-order chi connectivity index (χ0) is 10.8. The van der Waals surface area contributed by atoms with E-state index in [1.165, 1.54) is 0 Å². The number of rotatable bonds is 2. The number of aromatic hydroxyl groups is 1. The summed E-state index contributed by atoms with van der Waals surface area (Å²) in [7, 11) is 0. The van der Waals surface area contributed by atoms with Gasteiger partial charge in [-0.2, -0.15) is 0 Å². The quantitative estimate of drug-likeness (QED) is 0.809. The van der Waals surface area contributed by atoms with Crippen LogP contribution in [-0.2, 0) is 0 Å². The molecule has 0 aromatic heterocycles. The lowest BCUT2D eigenvalue weighted by Crippen LogP contribution is -2.05. The van der Waals surface area contributed by atoms with Crippen molar-refractivity contribution >= 4 is 10.8 Å². The first-order valence-electron chi connectivity index (χ1n) is 5.05. The highest BCUT2D eigenvalue weighted by Crippen LogP contribution is 2.27. The van der Waals surface area contributed by atoms with Gasteiger partial charge in [0.25, 0.3) is 0 Å². The molecule has 0 aliphatic rings. The fourth-order valence-electron chi connectivity index (χ4n) is 1.59. The van der Waals surface area contributed by atoms with Crippen LogP contribution in [0.15, 0.2) is 36.4 Å². The van der Waals surface area contributed by atoms with Crippen LogP contribution < -0.4 is 4.74 Å². The Labute approximate surface area is 89.1 Å². The number of fused-ring (bicyclic) bond motifs is 1. The SMILES string of the molecule is CC(C)Oc1ccc2c(O)cccc2c1. The maximum absolute atomic E-state index is 9.60. The van der Waals surface area contributed by atoms with E-state index >= 15 is 0 Å². The van der Waals surface area contributed by atoms with Gasteiger partial charge in [0.2, 0.25) is 0 Å². The van der Waals surface area contributed by atoms with Gasteiger partial charge in [0.15, 0.2) is 0 Å². The van der Waals surface area contributed by atoms with Gasteiger partial charge in [0.1, 0.15) is 11.5 Å². The first-order valence-corrected chi connectivity index (χ1v) is 5.05. The molecule has 0 amide bonds. The Bertz CT molecular complexity index is 475. The van der Waals surface area contributed by atoms with Crippen LogP contribution >= 0.6 is 0 Å². The van der Waals surface area contributed by atoms with Crippen LogP contribution in [0.2, 0.25) is 0 Å². The minimum Gasteiger partial charge on any atom is -0.507 e. The van der Waals surface area contributed by atoms with Crippen molar-refractivity contribution in [2.24, 2.45) is 0 Å². The Morgan fingerprint density at radius 3 is 2.67 bits per heavy atom. The highest BCUT2D eigenvalue weighted by atomic mass is 16.5. The standard InChI is InChI=1S/C13H14O2/c1-9(2)15-11-6-7-12-10(8-11)4-3-5-13(12)14/h3-9,14H,1-2H3. The Kier molecular flexibility index (Phi) is 2.50. The molecule has 0 spiro atoms. The molecule has 0 radical (unpaired) electrons. The Balaban J connectivity index is 2.48. The second kappa shape index (κ2) is 3.81. The van der Waals surface area contributed by atoms with Crippen LogP contribution in [-0.4, -0.2) is 11.2 Å². The van der Waals surface area contributed by atoms with E-state index in [0.29, 0.717) is 5.75 Å². The topological polar surface area (TPSA) is 29.5 Å². The van der Waals surface area contributed by atoms with E-state index in [1.807, 2.05) is 44.2 Å². The third-order valence-corrected chi connectivity index (χ3v) is 2.20. The third-order valence-electron chi connectivity index (χ3n) is 2.20. The molecular formula is C13H14O2. The predicted octanol–water partition coefficient (Wildman–Crippen LogP) is 3.33. The average molecular weight is 202 g/mol. The lowest BCUT2D eigenvalue weighted by atomic mass is 10.1. The number of ether oxygens (including phenoxy) is 1. The molecule has 2 aromatic carbocycles. The van der Waals surface area contributed by atoms with Crippen molar-refractivity contribution in [3.8, 4) is 11.5 Å². The lowest BCUT2D eigenvalue weighted by molar-refractivity contribution is 0.243. The molecule has 0 unspecified atom stereocenters. The summed E-state index contributed by atoms with van der Waals surface area (Å²) in [6, 6.07) is 11.2. The largest absolute Gasteiger partial charge is 0.507 e. The van der Waals surface area contributed by atoms with Crippen LogP contribution in [0.3, 0.4) is 0 Å². The van der Waals surface area contributed by atoms with Crippen molar-refractivity contribution < 1.29 is 9.84 Å². The number of hydrogen-bond acceptors (Lipinski definition) is 2. The van der Waals surface area contributed by atoms with Crippen molar-refractivity contribution in [2.75, 3.05) is 0 Å². The summed E-state index contributed by atoms with van der Waals surface area (Å²) in [5.74, 6) is 1.15. The van der Waals surface area contributed by atoms with Gasteiger partial charge in [0, 0.05) is 5.39 Å². The van der Waals surface area contributed by atoms with E-state index in [1.54, 1.807) is 6.07 Å². The van der Waals surface area contributed by atoms with Crippen LogP contribution in [0.5, 0.6) is 11.5 Å². The van der Waals surface area contributed by atoms with Crippen LogP contribution in [0.25, 0.3) is 10.8 Å². The van der Waals surface area contributed by atoms with Gasteiger partial charge in [-0.25, -0.2) is 0 Å². The van der Waals surface area contributed by atoms with E-state index in [0.717, 1.165) is 16.5 Å². The molecule has 0 aliphatic heterocycles. The molecule has 0 saturated carbocycles. The molecule has 0 aliphatic carbocycles. The molecule has 2 rings (SSSR count). The van der Waals surface area contributed by atoms with Gasteiger partial charge in [-0.1, -0.05) is 12.1 Å². The fraction of sp³-hybridized carbons (Fsp3) is 0.231. The van der Waals surface area contributed by atoms with Gasteiger partial charge < -0.3 is 9.84 Å². The van der Waals surface area contributed by atoms with Crippen LogP contribution in [0.4, 0.5) is 0 Å². The van der Waals surface area contributed by atoms with E-state index in [2.05, 4.69) is 0 Å². The Hall–Kier alpha value is -1.70. The normalized spacial score (nSPS) is 10.9. The smallest absolute Gasteiger partial charge is 0.123 e. The number of benzene rings is 2. The van der Waals surface area contributed by atoms with E-state index < -0.39 is 0 Å². The average Bonchev–Trinajstić information content (AvgIpc) is 2.17. The summed E-state index contributed by atoms with van der Waals surface area (Å²) in [6.45, 7) is 3.99. The molecule has 2 aromatic rings. The maximum atomic E-state index is 9.60. The Morgan fingerprint density at radius 1 is 1.13 bits per heavy atom. The van der Waals surface area contributed by atoms with E-state index in [-0.39, 0.29) is 6.10 Å². The third kappa shape index (κ3) is 2.04. The molecule has 0 saturated heterocycles. The first-order chi connectivity index (χ1) is 7.16. The summed E-state index contributed by atoms with van der Waals surface area (Å²) in [5, 5.41) is 11.5. The highest BCUT2D eigenvalue weighted by Gasteiger charge is 2.02. The molecule has 0 atom stereocenters. The van der Waals surface area contributed by atoms with Gasteiger partial charge >= 0.3 is 0 Å². The zero-order valence-electron chi connectivity index (χ0n) is 8.90. The zero-order valence-corrected chi connectivity index (χ0v) is 8.90. The summed E-state index contributed by atoms with van der Waals surface area (Å²) in [6.07, 6.45) is 0.166. The van der Waals surface area contributed by atoms with Crippen molar-refractivity contribution in [2.45, 2.75) is 20.0 Å². The predicted molar refractivity (Wildman–Crippen MR) is 61.4 cm³/mol.